The molecule has 2 aliphatic rings. The zero-order chi connectivity index (χ0) is 12.1. The highest BCUT2D eigenvalue weighted by atomic mass is 16.5. The maximum absolute atomic E-state index is 11.8. The number of rotatable bonds is 4. The van der Waals surface area contributed by atoms with E-state index in [0.717, 1.165) is 6.42 Å². The summed E-state index contributed by atoms with van der Waals surface area (Å²) >= 11 is 0. The van der Waals surface area contributed by atoms with Gasteiger partial charge in [0, 0.05) is 19.5 Å². The van der Waals surface area contributed by atoms with E-state index in [4.69, 9.17) is 4.74 Å². The summed E-state index contributed by atoms with van der Waals surface area (Å²) in [5.74, 6) is 0.184. The summed E-state index contributed by atoms with van der Waals surface area (Å²) in [7, 11) is 0. The van der Waals surface area contributed by atoms with Gasteiger partial charge in [0.05, 0.1) is 13.2 Å². The van der Waals surface area contributed by atoms with Crippen molar-refractivity contribution in [3.8, 4) is 0 Å². The lowest BCUT2D eigenvalue weighted by Crippen LogP contribution is -2.40. The molecule has 0 aromatic heterocycles. The summed E-state index contributed by atoms with van der Waals surface area (Å²) < 4.78 is 5.20. The highest BCUT2D eigenvalue weighted by Gasteiger charge is 2.26. The van der Waals surface area contributed by atoms with Gasteiger partial charge in [-0.15, -0.1) is 10.2 Å². The van der Waals surface area contributed by atoms with E-state index in [1.165, 1.54) is 0 Å². The number of nitrogens with zero attached hydrogens (tertiary/aromatic N) is 5. The topological polar surface area (TPSA) is 79.0 Å². The molecular formula is C10H17N5O2. The number of hydrogen-bond donors (Lipinski definition) is 0. The van der Waals surface area contributed by atoms with E-state index >= 15 is 0 Å². The molecule has 0 atom stereocenters. The highest BCUT2D eigenvalue weighted by Crippen LogP contribution is 2.25. The van der Waals surface area contributed by atoms with Crippen LogP contribution in [-0.2, 0) is 9.53 Å². The van der Waals surface area contributed by atoms with Crippen LogP contribution in [0, 0.1) is 0 Å². The monoisotopic (exact) mass is 239 g/mol. The molecule has 0 radical (unpaired) electrons. The molecule has 0 N–H and O–H groups in total. The van der Waals surface area contributed by atoms with Crippen LogP contribution in [0.5, 0.6) is 0 Å². The number of hydrogen-bond acceptors (Lipinski definition) is 6. The smallest absolute Gasteiger partial charge is 0.222 e. The van der Waals surface area contributed by atoms with Gasteiger partial charge in [-0.2, -0.15) is 0 Å². The number of carbonyl (C=O) groups excluding carboxylic acids is 1. The molecule has 0 spiro atoms. The van der Waals surface area contributed by atoms with Crippen molar-refractivity contribution in [2.45, 2.75) is 31.8 Å². The average Bonchev–Trinajstić information content (AvgIpc) is 2.77. The molecule has 0 bridgehead atoms. The Hall–Kier alpha value is -1.37. The minimum Gasteiger partial charge on any atom is -0.378 e. The largest absolute Gasteiger partial charge is 0.378 e. The molecule has 94 valence electrons. The molecule has 1 saturated heterocycles. The predicted octanol–water partition coefficient (Wildman–Crippen LogP) is 1.56. The second-order valence-electron chi connectivity index (χ2n) is 4.44. The van der Waals surface area contributed by atoms with Crippen molar-refractivity contribution in [3.63, 3.8) is 0 Å². The standard InChI is InChI=1S/C10H17N5O2/c1-10(11-13-14-12-10)4-2-3-9(16)15-5-7-17-8-6-15/h2-8H2,1H3. The third-order valence-corrected chi connectivity index (χ3v) is 2.97. The molecule has 2 aliphatic heterocycles. The van der Waals surface area contributed by atoms with E-state index in [2.05, 4.69) is 20.7 Å². The first-order valence-electron chi connectivity index (χ1n) is 5.89. The van der Waals surface area contributed by atoms with E-state index in [0.29, 0.717) is 39.1 Å². The Morgan fingerprint density at radius 1 is 1.29 bits per heavy atom. The van der Waals surface area contributed by atoms with Crippen LogP contribution in [0.25, 0.3) is 0 Å². The Bertz CT molecular complexity index is 324. The molecule has 0 aliphatic carbocycles. The van der Waals surface area contributed by atoms with Gasteiger partial charge in [0.15, 0.2) is 5.66 Å². The van der Waals surface area contributed by atoms with E-state index in [9.17, 15) is 4.79 Å². The fraction of sp³-hybridized carbons (Fsp3) is 0.900. The van der Waals surface area contributed by atoms with Crippen molar-refractivity contribution in [1.82, 2.24) is 4.90 Å². The SMILES string of the molecule is CC1(CCCC(=O)N2CCOCC2)N=NN=N1. The zero-order valence-electron chi connectivity index (χ0n) is 10.0. The molecule has 0 aromatic rings. The molecule has 0 saturated carbocycles. The summed E-state index contributed by atoms with van der Waals surface area (Å²) in [6.45, 7) is 4.56. The Labute approximate surface area is 99.9 Å². The van der Waals surface area contributed by atoms with Gasteiger partial charge in [0.1, 0.15) is 0 Å². The predicted molar refractivity (Wildman–Crippen MR) is 59.4 cm³/mol. The lowest BCUT2D eigenvalue weighted by Gasteiger charge is -2.27. The highest BCUT2D eigenvalue weighted by molar-refractivity contribution is 5.76. The molecule has 1 amide bonds. The maximum Gasteiger partial charge on any atom is 0.222 e. The number of ether oxygens (including phenoxy) is 1. The van der Waals surface area contributed by atoms with E-state index in [-0.39, 0.29) is 5.91 Å². The van der Waals surface area contributed by atoms with Crippen molar-refractivity contribution >= 4 is 5.91 Å². The minimum atomic E-state index is -0.550. The van der Waals surface area contributed by atoms with Gasteiger partial charge in [-0.3, -0.25) is 4.79 Å². The molecule has 0 unspecified atom stereocenters. The molecule has 0 aromatic carbocycles. The Kier molecular flexibility index (Phi) is 3.78. The Morgan fingerprint density at radius 3 is 2.59 bits per heavy atom. The second kappa shape index (κ2) is 5.31. The molecule has 7 nitrogen and oxygen atoms in total. The number of carbonyl (C=O) groups is 1. The Balaban J connectivity index is 1.69. The first-order valence-corrected chi connectivity index (χ1v) is 5.89. The van der Waals surface area contributed by atoms with Gasteiger partial charge in [-0.1, -0.05) is 0 Å². The van der Waals surface area contributed by atoms with Gasteiger partial charge in [-0.25, -0.2) is 0 Å². The van der Waals surface area contributed by atoms with Crippen LogP contribution in [0.4, 0.5) is 0 Å². The summed E-state index contributed by atoms with van der Waals surface area (Å²) in [6.07, 6.45) is 1.99. The fourth-order valence-electron chi connectivity index (χ4n) is 1.90. The first-order chi connectivity index (χ1) is 8.20. The maximum atomic E-state index is 11.8. The summed E-state index contributed by atoms with van der Waals surface area (Å²) in [5, 5.41) is 14.8. The number of morpholine rings is 1. The van der Waals surface area contributed by atoms with Crippen LogP contribution in [0.2, 0.25) is 0 Å². The molecular weight excluding hydrogens is 222 g/mol. The van der Waals surface area contributed by atoms with E-state index in [1.54, 1.807) is 0 Å². The lowest BCUT2D eigenvalue weighted by molar-refractivity contribution is -0.135. The van der Waals surface area contributed by atoms with Crippen LogP contribution in [0.15, 0.2) is 20.7 Å². The summed E-state index contributed by atoms with van der Waals surface area (Å²) in [5.41, 5.74) is -0.550. The van der Waals surface area contributed by atoms with Gasteiger partial charge in [0.2, 0.25) is 5.91 Å². The van der Waals surface area contributed by atoms with Crippen LogP contribution >= 0.6 is 0 Å². The van der Waals surface area contributed by atoms with Crippen molar-refractivity contribution in [2.24, 2.45) is 20.7 Å². The quantitative estimate of drug-likeness (QED) is 0.746. The van der Waals surface area contributed by atoms with Gasteiger partial charge in [-0.05, 0) is 30.2 Å². The summed E-state index contributed by atoms with van der Waals surface area (Å²) in [4.78, 5) is 13.7. The van der Waals surface area contributed by atoms with E-state index < -0.39 is 5.66 Å². The van der Waals surface area contributed by atoms with Crippen LogP contribution in [0.1, 0.15) is 26.2 Å². The van der Waals surface area contributed by atoms with Crippen LogP contribution in [-0.4, -0.2) is 42.8 Å². The summed E-state index contributed by atoms with van der Waals surface area (Å²) in [6, 6.07) is 0. The van der Waals surface area contributed by atoms with Crippen molar-refractivity contribution < 1.29 is 9.53 Å². The lowest BCUT2D eigenvalue weighted by atomic mass is 10.1. The Morgan fingerprint density at radius 2 is 1.94 bits per heavy atom. The van der Waals surface area contributed by atoms with E-state index in [1.807, 2.05) is 11.8 Å². The molecule has 1 fully saturated rings. The zero-order valence-corrected chi connectivity index (χ0v) is 10.0. The van der Waals surface area contributed by atoms with Gasteiger partial charge in [0.25, 0.3) is 0 Å². The molecule has 2 heterocycles. The molecule has 7 heteroatoms. The third kappa shape index (κ3) is 3.29. The first kappa shape index (κ1) is 12.1. The molecule has 17 heavy (non-hydrogen) atoms. The fourth-order valence-corrected chi connectivity index (χ4v) is 1.90. The second-order valence-corrected chi connectivity index (χ2v) is 4.44. The van der Waals surface area contributed by atoms with Gasteiger partial charge >= 0.3 is 0 Å². The van der Waals surface area contributed by atoms with Gasteiger partial charge < -0.3 is 9.64 Å². The molecule has 2 rings (SSSR count). The third-order valence-electron chi connectivity index (χ3n) is 2.97. The minimum absolute atomic E-state index is 0.184. The van der Waals surface area contributed by atoms with Crippen LogP contribution < -0.4 is 0 Å². The van der Waals surface area contributed by atoms with Crippen molar-refractivity contribution in [3.05, 3.63) is 0 Å². The van der Waals surface area contributed by atoms with Crippen LogP contribution in [0.3, 0.4) is 0 Å². The van der Waals surface area contributed by atoms with Crippen molar-refractivity contribution in [1.29, 1.82) is 0 Å². The van der Waals surface area contributed by atoms with Crippen molar-refractivity contribution in [2.75, 3.05) is 26.3 Å². The number of amides is 1. The normalized spacial score (nSPS) is 22.1. The average molecular weight is 239 g/mol.